The number of carbonyl (C=O) groups is 1. The third-order valence-corrected chi connectivity index (χ3v) is 6.79. The highest BCUT2D eigenvalue weighted by atomic mass is 35.5. The molecule has 0 unspecified atom stereocenters. The summed E-state index contributed by atoms with van der Waals surface area (Å²) in [6.45, 7) is 7.47. The number of likely N-dealkylation sites (N-methyl/N-ethyl adjacent to an activating group) is 1. The van der Waals surface area contributed by atoms with E-state index in [-0.39, 0.29) is 0 Å². The number of hydrogen-bond donors (Lipinski definition) is 1. The predicted molar refractivity (Wildman–Crippen MR) is 153 cm³/mol. The number of anilines is 1. The lowest BCUT2D eigenvalue weighted by molar-refractivity contribution is 0.108. The first-order chi connectivity index (χ1) is 18.4. The Balaban J connectivity index is 0.000000181. The largest absolute Gasteiger partial charge is 0.399 e. The zero-order valence-electron chi connectivity index (χ0n) is 21.8. The highest BCUT2D eigenvalue weighted by Gasteiger charge is 2.14. The molecule has 2 aromatic carbocycles. The van der Waals surface area contributed by atoms with E-state index in [1.54, 1.807) is 30.7 Å². The van der Waals surface area contributed by atoms with Gasteiger partial charge in [0.1, 0.15) is 5.82 Å². The standard InChI is InChI=1S/C17H16N4.C13H17ClN2O/c1-12-4-5-15(18)9-14(12)10-17-20-8-6-16(21-17)13-3-2-7-19-11-13;1-15-6-8-16(9-7-15)10-11-2-4-12(5-3-11)13(14)17/h2-9,11H,10,18H2,1H3;2-5H,6-10H2,1H3. The van der Waals surface area contributed by atoms with Crippen molar-refractivity contribution in [2.45, 2.75) is 19.9 Å². The molecule has 8 heteroatoms. The highest BCUT2D eigenvalue weighted by Crippen LogP contribution is 2.18. The van der Waals surface area contributed by atoms with Crippen LogP contribution in [0.15, 0.2) is 79.3 Å². The fraction of sp³-hybridized carbons (Fsp3) is 0.267. The second-order valence-corrected chi connectivity index (χ2v) is 9.86. The minimum absolute atomic E-state index is 0.392. The summed E-state index contributed by atoms with van der Waals surface area (Å²) in [4.78, 5) is 28.8. The van der Waals surface area contributed by atoms with Crippen molar-refractivity contribution in [2.75, 3.05) is 39.0 Å². The fourth-order valence-electron chi connectivity index (χ4n) is 4.22. The molecule has 0 saturated carbocycles. The SMILES string of the molecule is CN1CCN(Cc2ccc(C(=O)Cl)cc2)CC1.Cc1ccc(N)cc1Cc1nccc(-c2cccnc2)n1. The van der Waals surface area contributed by atoms with Crippen molar-refractivity contribution in [3.8, 4) is 11.3 Å². The molecule has 1 aliphatic rings. The first kappa shape index (κ1) is 27.4. The summed E-state index contributed by atoms with van der Waals surface area (Å²) < 4.78 is 0. The van der Waals surface area contributed by atoms with Crippen LogP contribution in [0.25, 0.3) is 11.3 Å². The molecule has 0 bridgehead atoms. The molecule has 2 N–H and O–H groups in total. The van der Waals surface area contributed by atoms with E-state index in [4.69, 9.17) is 17.3 Å². The van der Waals surface area contributed by atoms with E-state index in [1.165, 1.54) is 11.1 Å². The third kappa shape index (κ3) is 7.92. The topological polar surface area (TPSA) is 88.2 Å². The summed E-state index contributed by atoms with van der Waals surface area (Å²) in [6, 6.07) is 19.2. The van der Waals surface area contributed by atoms with Crippen molar-refractivity contribution in [3.63, 3.8) is 0 Å². The monoisotopic (exact) mass is 528 g/mol. The van der Waals surface area contributed by atoms with Gasteiger partial charge in [-0.2, -0.15) is 0 Å². The number of halogens is 1. The van der Waals surface area contributed by atoms with Gasteiger partial charge in [-0.15, -0.1) is 0 Å². The molecule has 3 heterocycles. The van der Waals surface area contributed by atoms with Gasteiger partial charge in [-0.1, -0.05) is 18.2 Å². The summed E-state index contributed by atoms with van der Waals surface area (Å²) in [6.07, 6.45) is 6.01. The number of hydrogen-bond acceptors (Lipinski definition) is 7. The molecular weight excluding hydrogens is 496 g/mol. The molecule has 2 aromatic heterocycles. The van der Waals surface area contributed by atoms with Crippen LogP contribution in [0, 0.1) is 6.92 Å². The van der Waals surface area contributed by atoms with Gasteiger partial charge in [0.15, 0.2) is 0 Å². The van der Waals surface area contributed by atoms with Gasteiger partial charge in [0, 0.05) is 74.5 Å². The molecular formula is C30H33ClN6O. The number of piperazine rings is 1. The number of nitrogens with two attached hydrogens (primary N) is 1. The van der Waals surface area contributed by atoms with Crippen molar-refractivity contribution >= 4 is 22.5 Å². The Morgan fingerprint density at radius 1 is 1.00 bits per heavy atom. The van der Waals surface area contributed by atoms with Crippen LogP contribution in [-0.4, -0.2) is 63.2 Å². The van der Waals surface area contributed by atoms with Crippen molar-refractivity contribution < 1.29 is 4.79 Å². The Morgan fingerprint density at radius 3 is 2.45 bits per heavy atom. The number of aryl methyl sites for hydroxylation is 1. The molecule has 0 atom stereocenters. The molecule has 0 amide bonds. The molecule has 7 nitrogen and oxygen atoms in total. The number of benzene rings is 2. The Hall–Kier alpha value is -3.65. The number of nitrogens with zero attached hydrogens (tertiary/aromatic N) is 5. The maximum atomic E-state index is 10.9. The Morgan fingerprint density at radius 2 is 1.76 bits per heavy atom. The summed E-state index contributed by atoms with van der Waals surface area (Å²) in [5.41, 5.74) is 12.6. The van der Waals surface area contributed by atoms with Crippen LogP contribution in [0.3, 0.4) is 0 Å². The second-order valence-electron chi connectivity index (χ2n) is 9.51. The maximum absolute atomic E-state index is 10.9. The Kier molecular flexibility index (Phi) is 9.54. The average molecular weight is 529 g/mol. The minimum Gasteiger partial charge on any atom is -0.399 e. The quantitative estimate of drug-likeness (QED) is 0.283. The first-order valence-corrected chi connectivity index (χ1v) is 13.0. The van der Waals surface area contributed by atoms with E-state index in [2.05, 4.69) is 38.7 Å². The van der Waals surface area contributed by atoms with Gasteiger partial charge in [0.25, 0.3) is 5.24 Å². The van der Waals surface area contributed by atoms with E-state index >= 15 is 0 Å². The summed E-state index contributed by atoms with van der Waals surface area (Å²) in [7, 11) is 2.15. The third-order valence-electron chi connectivity index (χ3n) is 6.57. The molecule has 4 aromatic rings. The number of pyridine rings is 1. The van der Waals surface area contributed by atoms with Crippen molar-refractivity contribution in [2.24, 2.45) is 0 Å². The molecule has 196 valence electrons. The van der Waals surface area contributed by atoms with Gasteiger partial charge in [0.05, 0.1) is 5.69 Å². The normalized spacial score (nSPS) is 14.0. The smallest absolute Gasteiger partial charge is 0.252 e. The maximum Gasteiger partial charge on any atom is 0.252 e. The zero-order chi connectivity index (χ0) is 26.9. The number of aromatic nitrogens is 3. The van der Waals surface area contributed by atoms with E-state index < -0.39 is 5.24 Å². The van der Waals surface area contributed by atoms with Crippen LogP contribution in [0.4, 0.5) is 5.69 Å². The molecule has 1 saturated heterocycles. The average Bonchev–Trinajstić information content (AvgIpc) is 2.93. The molecule has 1 fully saturated rings. The molecule has 0 radical (unpaired) electrons. The van der Waals surface area contributed by atoms with Crippen LogP contribution in [0.1, 0.15) is 32.9 Å². The number of carbonyl (C=O) groups excluding carboxylic acids is 1. The van der Waals surface area contributed by atoms with Crippen LogP contribution in [0.5, 0.6) is 0 Å². The molecule has 0 aliphatic carbocycles. The lowest BCUT2D eigenvalue weighted by atomic mass is 10.0. The van der Waals surface area contributed by atoms with E-state index in [1.807, 2.05) is 48.5 Å². The van der Waals surface area contributed by atoms with Crippen molar-refractivity contribution in [1.82, 2.24) is 24.8 Å². The van der Waals surface area contributed by atoms with E-state index in [0.717, 1.165) is 61.1 Å². The van der Waals surface area contributed by atoms with E-state index in [9.17, 15) is 4.79 Å². The van der Waals surface area contributed by atoms with Crippen molar-refractivity contribution in [1.29, 1.82) is 0 Å². The van der Waals surface area contributed by atoms with Crippen molar-refractivity contribution in [3.05, 3.63) is 107 Å². The summed E-state index contributed by atoms with van der Waals surface area (Å²) >= 11 is 5.41. The highest BCUT2D eigenvalue weighted by molar-refractivity contribution is 6.67. The van der Waals surface area contributed by atoms with Crippen LogP contribution in [-0.2, 0) is 13.0 Å². The van der Waals surface area contributed by atoms with Gasteiger partial charge < -0.3 is 10.6 Å². The fourth-order valence-corrected chi connectivity index (χ4v) is 4.34. The van der Waals surface area contributed by atoms with Gasteiger partial charge in [-0.3, -0.25) is 14.7 Å². The molecule has 38 heavy (non-hydrogen) atoms. The summed E-state index contributed by atoms with van der Waals surface area (Å²) in [5, 5.41) is -0.392. The van der Waals surface area contributed by atoms with Crippen LogP contribution >= 0.6 is 11.6 Å². The lowest BCUT2D eigenvalue weighted by Crippen LogP contribution is -2.43. The predicted octanol–water partition coefficient (Wildman–Crippen LogP) is 4.83. The van der Waals surface area contributed by atoms with Gasteiger partial charge >= 0.3 is 0 Å². The Labute approximate surface area is 229 Å². The van der Waals surface area contributed by atoms with Crippen LogP contribution < -0.4 is 5.73 Å². The molecule has 0 spiro atoms. The first-order valence-electron chi connectivity index (χ1n) is 12.6. The second kappa shape index (κ2) is 13.2. The Bertz CT molecular complexity index is 1340. The van der Waals surface area contributed by atoms with Crippen LogP contribution in [0.2, 0.25) is 0 Å². The van der Waals surface area contributed by atoms with Gasteiger partial charge in [-0.25, -0.2) is 9.97 Å². The zero-order valence-corrected chi connectivity index (χ0v) is 22.6. The van der Waals surface area contributed by atoms with Gasteiger partial charge in [-0.05, 0) is 84.7 Å². The lowest BCUT2D eigenvalue weighted by Gasteiger charge is -2.32. The summed E-state index contributed by atoms with van der Waals surface area (Å²) in [5.74, 6) is 0.782. The van der Waals surface area contributed by atoms with E-state index in [0.29, 0.717) is 12.0 Å². The molecule has 5 rings (SSSR count). The number of rotatable bonds is 6. The minimum atomic E-state index is -0.392. The van der Waals surface area contributed by atoms with Gasteiger partial charge in [0.2, 0.25) is 0 Å². The molecule has 1 aliphatic heterocycles. The number of nitrogen functional groups attached to an aromatic ring is 1.